The zero-order valence-electron chi connectivity index (χ0n) is 23.2. The number of carbonyl (C=O) groups is 3. The fourth-order valence-corrected chi connectivity index (χ4v) is 6.24. The third-order valence-electron chi connectivity index (χ3n) is 8.68. The molecule has 3 N–H and O–H groups in total. The Hall–Kier alpha value is -1.63. The van der Waals surface area contributed by atoms with Crippen molar-refractivity contribution < 1.29 is 19.1 Å². The van der Waals surface area contributed by atoms with E-state index in [9.17, 15) is 14.4 Å². The molecular weight excluding hydrogens is 442 g/mol. The van der Waals surface area contributed by atoms with E-state index in [1.54, 1.807) is 6.92 Å². The van der Waals surface area contributed by atoms with E-state index in [0.29, 0.717) is 13.0 Å². The van der Waals surface area contributed by atoms with E-state index < -0.39 is 24.0 Å². The summed E-state index contributed by atoms with van der Waals surface area (Å²) >= 11 is 0. The Morgan fingerprint density at radius 1 is 0.971 bits per heavy atom. The largest absolute Gasteiger partial charge is 0.464 e. The van der Waals surface area contributed by atoms with Crippen LogP contribution in [0.1, 0.15) is 119 Å². The van der Waals surface area contributed by atoms with Gasteiger partial charge in [0.1, 0.15) is 6.04 Å². The maximum atomic E-state index is 14.0. The Balaban J connectivity index is 2.21. The van der Waals surface area contributed by atoms with Gasteiger partial charge in [0.25, 0.3) is 0 Å². The summed E-state index contributed by atoms with van der Waals surface area (Å²) in [5.74, 6) is -0.647. The summed E-state index contributed by atoms with van der Waals surface area (Å²) in [5, 5.41) is 3.16. The second-order valence-electron chi connectivity index (χ2n) is 11.6. The molecular formula is C28H51N3O4. The summed E-state index contributed by atoms with van der Waals surface area (Å²) in [6, 6.07) is -1.78. The lowest BCUT2D eigenvalue weighted by molar-refractivity contribution is -0.195. The first-order chi connectivity index (χ1) is 16.5. The van der Waals surface area contributed by atoms with Crippen LogP contribution in [0, 0.1) is 11.3 Å². The lowest BCUT2D eigenvalue weighted by atomic mass is 9.55. The number of ether oxygens (including phenoxy) is 1. The number of piperidine rings is 2. The first-order valence-electron chi connectivity index (χ1n) is 14.1. The first kappa shape index (κ1) is 29.6. The van der Waals surface area contributed by atoms with Gasteiger partial charge in [0.2, 0.25) is 11.8 Å². The first-order valence-corrected chi connectivity index (χ1v) is 14.1. The van der Waals surface area contributed by atoms with Crippen LogP contribution in [0.4, 0.5) is 0 Å². The highest BCUT2D eigenvalue weighted by atomic mass is 16.5. The maximum absolute atomic E-state index is 14.0. The highest BCUT2D eigenvalue weighted by Crippen LogP contribution is 2.57. The second kappa shape index (κ2) is 13.1. The minimum atomic E-state index is -0.619. The second-order valence-corrected chi connectivity index (χ2v) is 11.6. The third kappa shape index (κ3) is 6.78. The highest BCUT2D eigenvalue weighted by molar-refractivity contribution is 5.90. The predicted molar refractivity (Wildman–Crippen MR) is 140 cm³/mol. The number of nitrogens with one attached hydrogen (secondary N) is 1. The molecule has 0 spiro atoms. The van der Waals surface area contributed by atoms with Crippen molar-refractivity contribution in [2.45, 2.75) is 142 Å². The molecule has 202 valence electrons. The number of amides is 2. The van der Waals surface area contributed by atoms with Gasteiger partial charge in [0, 0.05) is 5.54 Å². The Morgan fingerprint density at radius 2 is 1.57 bits per heavy atom. The average Bonchev–Trinajstić information content (AvgIpc) is 2.82. The summed E-state index contributed by atoms with van der Waals surface area (Å²) in [4.78, 5) is 41.4. The summed E-state index contributed by atoms with van der Waals surface area (Å²) in [5.41, 5.74) is 4.92. The van der Waals surface area contributed by atoms with Crippen molar-refractivity contribution in [3.63, 3.8) is 0 Å². The molecule has 7 heteroatoms. The molecule has 2 bridgehead atoms. The van der Waals surface area contributed by atoms with Crippen molar-refractivity contribution in [3.05, 3.63) is 0 Å². The van der Waals surface area contributed by atoms with Crippen LogP contribution in [0.5, 0.6) is 0 Å². The molecule has 2 amide bonds. The summed E-state index contributed by atoms with van der Waals surface area (Å²) < 4.78 is 5.82. The zero-order valence-corrected chi connectivity index (χ0v) is 23.2. The number of rotatable bonds is 15. The van der Waals surface area contributed by atoms with Gasteiger partial charge in [0.15, 0.2) is 0 Å². The number of nitrogens with two attached hydrogens (primary N) is 1. The van der Waals surface area contributed by atoms with Gasteiger partial charge in [-0.25, -0.2) is 4.79 Å². The minimum absolute atomic E-state index is 0.131. The number of hydrogen-bond acceptors (Lipinski definition) is 5. The summed E-state index contributed by atoms with van der Waals surface area (Å²) in [7, 11) is 0. The van der Waals surface area contributed by atoms with Crippen LogP contribution in [0.2, 0.25) is 0 Å². The Morgan fingerprint density at radius 3 is 2.11 bits per heavy atom. The predicted octanol–water partition coefficient (Wildman–Crippen LogP) is 4.71. The van der Waals surface area contributed by atoms with E-state index in [0.717, 1.165) is 51.4 Å². The van der Waals surface area contributed by atoms with E-state index in [-0.39, 0.29) is 28.7 Å². The normalized spacial score (nSPS) is 27.6. The minimum Gasteiger partial charge on any atom is -0.464 e. The van der Waals surface area contributed by atoms with Crippen molar-refractivity contribution in [3.8, 4) is 0 Å². The smallest absolute Gasteiger partial charge is 0.329 e. The number of nitrogens with zero attached hydrogens (tertiary/aromatic N) is 1. The molecule has 0 aromatic carbocycles. The van der Waals surface area contributed by atoms with E-state index in [1.165, 1.54) is 19.3 Å². The van der Waals surface area contributed by atoms with Gasteiger partial charge in [-0.15, -0.1) is 0 Å². The van der Waals surface area contributed by atoms with Gasteiger partial charge in [0.05, 0.1) is 18.7 Å². The number of esters is 1. The SMILES string of the molecule is CCCCCCCCOC(=O)[C@H]1N(C(=O)[C@H](C)N[C@@H](CCC)C(N)=O)C2(C(C)C)CCC1(C)CC2. The Kier molecular flexibility index (Phi) is 11.1. The molecule has 2 saturated heterocycles. The molecule has 7 nitrogen and oxygen atoms in total. The lowest BCUT2D eigenvalue weighted by Crippen LogP contribution is -2.74. The molecule has 3 rings (SSSR count). The number of fused-ring (bicyclic) bond motifs is 3. The molecule has 35 heavy (non-hydrogen) atoms. The molecule has 3 aliphatic rings. The van der Waals surface area contributed by atoms with Crippen LogP contribution < -0.4 is 11.1 Å². The van der Waals surface area contributed by atoms with Gasteiger partial charge in [-0.1, -0.05) is 73.1 Å². The zero-order chi connectivity index (χ0) is 26.2. The Labute approximate surface area is 213 Å². The average molecular weight is 494 g/mol. The number of carbonyl (C=O) groups excluding carboxylic acids is 3. The maximum Gasteiger partial charge on any atom is 0.329 e. The van der Waals surface area contributed by atoms with Crippen LogP contribution in [0.15, 0.2) is 0 Å². The fraction of sp³-hybridized carbons (Fsp3) is 0.893. The van der Waals surface area contributed by atoms with Gasteiger partial charge >= 0.3 is 5.97 Å². The van der Waals surface area contributed by atoms with Crippen molar-refractivity contribution in [1.82, 2.24) is 10.2 Å². The number of hydrogen-bond donors (Lipinski definition) is 2. The molecule has 2 aliphatic heterocycles. The van der Waals surface area contributed by atoms with Crippen molar-refractivity contribution in [1.29, 1.82) is 0 Å². The molecule has 1 saturated carbocycles. The van der Waals surface area contributed by atoms with E-state index in [2.05, 4.69) is 33.0 Å². The number of unbranched alkanes of at least 4 members (excludes halogenated alkanes) is 5. The van der Waals surface area contributed by atoms with E-state index in [4.69, 9.17) is 10.5 Å². The van der Waals surface area contributed by atoms with Crippen LogP contribution in [-0.4, -0.2) is 53.0 Å². The van der Waals surface area contributed by atoms with Gasteiger partial charge in [-0.05, 0) is 56.8 Å². The van der Waals surface area contributed by atoms with Gasteiger partial charge in [-0.2, -0.15) is 0 Å². The van der Waals surface area contributed by atoms with E-state index >= 15 is 0 Å². The monoisotopic (exact) mass is 493 g/mol. The fourth-order valence-electron chi connectivity index (χ4n) is 6.24. The molecule has 3 fully saturated rings. The van der Waals surface area contributed by atoms with Crippen molar-refractivity contribution in [2.24, 2.45) is 17.1 Å². The summed E-state index contributed by atoms with van der Waals surface area (Å²) in [6.07, 6.45) is 11.7. The molecule has 0 aromatic rings. The van der Waals surface area contributed by atoms with Gasteiger partial charge in [-0.3, -0.25) is 14.9 Å². The van der Waals surface area contributed by atoms with Crippen molar-refractivity contribution in [2.75, 3.05) is 6.61 Å². The quantitative estimate of drug-likeness (QED) is 0.254. The molecule has 0 radical (unpaired) electrons. The standard InChI is InChI=1S/C28H51N3O4/c1-7-9-10-11-12-13-19-35-26(34)23-27(6)15-17-28(18-16-27,20(3)4)31(23)25(33)21(5)30-22(14-8-2)24(29)32/h20-23,30H,7-19H2,1-6H3,(H2,29,32)/t21-,22-,23+,27?,28?/m0/s1. The lowest BCUT2D eigenvalue weighted by Gasteiger charge is -2.64. The molecule has 0 aromatic heterocycles. The van der Waals surface area contributed by atoms with Gasteiger partial charge < -0.3 is 15.4 Å². The molecule has 2 heterocycles. The number of primary amides is 1. The highest BCUT2D eigenvalue weighted by Gasteiger charge is 2.62. The van der Waals surface area contributed by atoms with E-state index in [1.807, 2.05) is 11.8 Å². The van der Waals surface area contributed by atoms with Crippen LogP contribution in [0.25, 0.3) is 0 Å². The van der Waals surface area contributed by atoms with Crippen molar-refractivity contribution >= 4 is 17.8 Å². The van der Waals surface area contributed by atoms with Crippen LogP contribution in [0.3, 0.4) is 0 Å². The summed E-state index contributed by atoms with van der Waals surface area (Å²) in [6.45, 7) is 12.8. The molecule has 1 aliphatic carbocycles. The Bertz CT molecular complexity index is 715. The molecule has 0 unspecified atom stereocenters. The van der Waals surface area contributed by atoms with Crippen LogP contribution in [-0.2, 0) is 19.1 Å². The topological polar surface area (TPSA) is 102 Å². The molecule has 3 atom stereocenters. The third-order valence-corrected chi connectivity index (χ3v) is 8.68. The van der Waals surface area contributed by atoms with Crippen LogP contribution >= 0.6 is 0 Å².